The SMILES string of the molecule is Cc1ccccc1C(=O)CSc1ccc(F)cc1F. The van der Waals surface area contributed by atoms with E-state index in [1.165, 1.54) is 12.1 Å². The minimum atomic E-state index is -0.636. The average molecular weight is 278 g/mol. The van der Waals surface area contributed by atoms with Crippen molar-refractivity contribution in [3.8, 4) is 0 Å². The van der Waals surface area contributed by atoms with Crippen molar-refractivity contribution in [2.75, 3.05) is 5.75 Å². The highest BCUT2D eigenvalue weighted by Crippen LogP contribution is 2.23. The number of benzene rings is 2. The molecule has 0 atom stereocenters. The van der Waals surface area contributed by atoms with Gasteiger partial charge in [-0.05, 0) is 24.6 Å². The van der Waals surface area contributed by atoms with Crippen LogP contribution in [0, 0.1) is 18.6 Å². The standard InChI is InChI=1S/C15H12F2OS/c1-10-4-2-3-5-12(10)14(18)9-19-15-7-6-11(16)8-13(15)17/h2-8H,9H2,1H3. The van der Waals surface area contributed by atoms with Crippen LogP contribution in [0.4, 0.5) is 8.78 Å². The summed E-state index contributed by atoms with van der Waals surface area (Å²) in [7, 11) is 0. The quantitative estimate of drug-likeness (QED) is 0.614. The highest BCUT2D eigenvalue weighted by Gasteiger charge is 2.11. The Morgan fingerprint density at radius 1 is 1.16 bits per heavy atom. The van der Waals surface area contributed by atoms with Gasteiger partial charge in [0, 0.05) is 16.5 Å². The van der Waals surface area contributed by atoms with Crippen LogP contribution in [-0.2, 0) is 0 Å². The van der Waals surface area contributed by atoms with Gasteiger partial charge in [0.15, 0.2) is 5.78 Å². The maximum absolute atomic E-state index is 13.4. The number of Topliss-reactive ketones (excluding diaryl/α,β-unsaturated/α-hetero) is 1. The molecule has 2 aromatic carbocycles. The van der Waals surface area contributed by atoms with E-state index in [-0.39, 0.29) is 16.4 Å². The second-order valence-corrected chi connectivity index (χ2v) is 5.12. The van der Waals surface area contributed by atoms with Crippen molar-refractivity contribution < 1.29 is 13.6 Å². The second kappa shape index (κ2) is 5.97. The number of hydrogen-bond donors (Lipinski definition) is 0. The predicted molar refractivity (Wildman–Crippen MR) is 72.6 cm³/mol. The summed E-state index contributed by atoms with van der Waals surface area (Å²) in [6.45, 7) is 1.86. The molecule has 2 aromatic rings. The molecular weight excluding hydrogens is 266 g/mol. The third-order valence-electron chi connectivity index (χ3n) is 2.70. The molecule has 0 unspecified atom stereocenters. The lowest BCUT2D eigenvalue weighted by molar-refractivity contribution is 0.102. The van der Waals surface area contributed by atoms with E-state index in [1.807, 2.05) is 19.1 Å². The van der Waals surface area contributed by atoms with Crippen LogP contribution in [0.1, 0.15) is 15.9 Å². The van der Waals surface area contributed by atoms with Crippen LogP contribution in [-0.4, -0.2) is 11.5 Å². The monoisotopic (exact) mass is 278 g/mol. The number of aryl methyl sites for hydroxylation is 1. The van der Waals surface area contributed by atoms with Gasteiger partial charge in [-0.3, -0.25) is 4.79 Å². The molecule has 0 spiro atoms. The minimum absolute atomic E-state index is 0.0631. The van der Waals surface area contributed by atoms with Crippen molar-refractivity contribution in [3.05, 3.63) is 65.2 Å². The molecule has 0 saturated heterocycles. The summed E-state index contributed by atoms with van der Waals surface area (Å²) in [6.07, 6.45) is 0. The predicted octanol–water partition coefficient (Wildman–Crippen LogP) is 4.25. The molecule has 0 aromatic heterocycles. The molecule has 4 heteroatoms. The molecule has 2 rings (SSSR count). The molecule has 0 bridgehead atoms. The highest BCUT2D eigenvalue weighted by molar-refractivity contribution is 8.00. The highest BCUT2D eigenvalue weighted by atomic mass is 32.2. The summed E-state index contributed by atoms with van der Waals surface area (Å²) >= 11 is 1.08. The Kier molecular flexibility index (Phi) is 4.32. The summed E-state index contributed by atoms with van der Waals surface area (Å²) in [5, 5.41) is 0. The van der Waals surface area contributed by atoms with Crippen LogP contribution in [0.5, 0.6) is 0 Å². The average Bonchev–Trinajstić information content (AvgIpc) is 2.38. The number of ketones is 1. The summed E-state index contributed by atoms with van der Waals surface area (Å²) in [4.78, 5) is 12.3. The fourth-order valence-corrected chi connectivity index (χ4v) is 2.50. The first-order valence-electron chi connectivity index (χ1n) is 5.74. The molecule has 0 heterocycles. The zero-order chi connectivity index (χ0) is 13.8. The number of halogens is 2. The molecule has 1 nitrogen and oxygen atoms in total. The van der Waals surface area contributed by atoms with Crippen molar-refractivity contribution in [2.24, 2.45) is 0 Å². The molecular formula is C15H12F2OS. The summed E-state index contributed by atoms with van der Waals surface area (Å²) in [5.41, 5.74) is 1.53. The Bertz CT molecular complexity index is 611. The van der Waals surface area contributed by atoms with Crippen LogP contribution in [0.25, 0.3) is 0 Å². The molecule has 0 amide bonds. The van der Waals surface area contributed by atoms with Gasteiger partial charge in [-0.25, -0.2) is 8.78 Å². The van der Waals surface area contributed by atoms with Crippen LogP contribution in [0.15, 0.2) is 47.4 Å². The van der Waals surface area contributed by atoms with Crippen molar-refractivity contribution in [2.45, 2.75) is 11.8 Å². The van der Waals surface area contributed by atoms with Crippen LogP contribution in [0.2, 0.25) is 0 Å². The van der Waals surface area contributed by atoms with Crippen LogP contribution < -0.4 is 0 Å². The van der Waals surface area contributed by atoms with Crippen molar-refractivity contribution >= 4 is 17.5 Å². The van der Waals surface area contributed by atoms with E-state index in [1.54, 1.807) is 12.1 Å². The maximum Gasteiger partial charge on any atom is 0.173 e. The molecule has 0 radical (unpaired) electrons. The van der Waals surface area contributed by atoms with Gasteiger partial charge < -0.3 is 0 Å². The van der Waals surface area contributed by atoms with Crippen molar-refractivity contribution in [1.29, 1.82) is 0 Å². The number of thioether (sulfide) groups is 1. The second-order valence-electron chi connectivity index (χ2n) is 4.10. The number of carbonyl (C=O) groups excluding carboxylic acids is 1. The van der Waals surface area contributed by atoms with E-state index in [0.29, 0.717) is 5.56 Å². The summed E-state index contributed by atoms with van der Waals surface area (Å²) < 4.78 is 26.2. The van der Waals surface area contributed by atoms with Gasteiger partial charge in [0.05, 0.1) is 5.75 Å². The molecule has 0 aliphatic carbocycles. The van der Waals surface area contributed by atoms with Crippen molar-refractivity contribution in [1.82, 2.24) is 0 Å². The van der Waals surface area contributed by atoms with E-state index in [2.05, 4.69) is 0 Å². The molecule has 19 heavy (non-hydrogen) atoms. The van der Waals surface area contributed by atoms with Gasteiger partial charge in [-0.2, -0.15) is 0 Å². The number of hydrogen-bond acceptors (Lipinski definition) is 2. The lowest BCUT2D eigenvalue weighted by Gasteiger charge is -2.05. The molecule has 0 N–H and O–H groups in total. The summed E-state index contributed by atoms with van der Waals surface area (Å²) in [6, 6.07) is 10.6. The first-order valence-corrected chi connectivity index (χ1v) is 6.73. The van der Waals surface area contributed by atoms with Gasteiger partial charge in [0.25, 0.3) is 0 Å². The van der Waals surface area contributed by atoms with Gasteiger partial charge in [-0.15, -0.1) is 11.8 Å². The summed E-state index contributed by atoms with van der Waals surface area (Å²) in [5.74, 6) is -1.19. The Morgan fingerprint density at radius 3 is 2.58 bits per heavy atom. The Labute approximate surface area is 114 Å². The Balaban J connectivity index is 2.07. The van der Waals surface area contributed by atoms with Gasteiger partial charge in [0.2, 0.25) is 0 Å². The zero-order valence-electron chi connectivity index (χ0n) is 10.3. The first kappa shape index (κ1) is 13.7. The van der Waals surface area contributed by atoms with Crippen LogP contribution >= 0.6 is 11.8 Å². The van der Waals surface area contributed by atoms with Crippen molar-refractivity contribution in [3.63, 3.8) is 0 Å². The van der Waals surface area contributed by atoms with E-state index < -0.39 is 11.6 Å². The van der Waals surface area contributed by atoms with Gasteiger partial charge in [0.1, 0.15) is 11.6 Å². The van der Waals surface area contributed by atoms with Crippen LogP contribution in [0.3, 0.4) is 0 Å². The normalized spacial score (nSPS) is 10.5. The molecule has 0 saturated carbocycles. The molecule has 98 valence electrons. The van der Waals surface area contributed by atoms with E-state index in [9.17, 15) is 13.6 Å². The lowest BCUT2D eigenvalue weighted by atomic mass is 10.1. The van der Waals surface area contributed by atoms with E-state index in [4.69, 9.17) is 0 Å². The minimum Gasteiger partial charge on any atom is -0.293 e. The van der Waals surface area contributed by atoms with E-state index in [0.717, 1.165) is 23.4 Å². The number of carbonyl (C=O) groups is 1. The zero-order valence-corrected chi connectivity index (χ0v) is 11.1. The Morgan fingerprint density at radius 2 is 1.89 bits per heavy atom. The smallest absolute Gasteiger partial charge is 0.173 e. The lowest BCUT2D eigenvalue weighted by Crippen LogP contribution is -2.04. The molecule has 0 fully saturated rings. The fraction of sp³-hybridized carbons (Fsp3) is 0.133. The molecule has 0 aliphatic heterocycles. The third-order valence-corrected chi connectivity index (χ3v) is 3.75. The van der Waals surface area contributed by atoms with Gasteiger partial charge >= 0.3 is 0 Å². The topological polar surface area (TPSA) is 17.1 Å². The Hall–Kier alpha value is -1.68. The third kappa shape index (κ3) is 3.41. The number of rotatable bonds is 4. The van der Waals surface area contributed by atoms with E-state index >= 15 is 0 Å². The molecule has 0 aliphatic rings. The first-order chi connectivity index (χ1) is 9.08. The fourth-order valence-electron chi connectivity index (χ4n) is 1.70. The van der Waals surface area contributed by atoms with Gasteiger partial charge in [-0.1, -0.05) is 24.3 Å². The maximum atomic E-state index is 13.4. The largest absolute Gasteiger partial charge is 0.293 e.